The largest absolute Gasteiger partial charge is 0.369 e. The molecular weight excluding hydrogens is 370 g/mol. The Kier molecular flexibility index (Phi) is 7.25. The normalized spacial score (nSPS) is 11.6. The van der Waals surface area contributed by atoms with Crippen LogP contribution in [0.1, 0.15) is 31.7 Å². The molecule has 0 atom stereocenters. The quantitative estimate of drug-likeness (QED) is 0.503. The van der Waals surface area contributed by atoms with Crippen LogP contribution in [0.5, 0.6) is 0 Å². The van der Waals surface area contributed by atoms with Crippen molar-refractivity contribution in [3.8, 4) is 0 Å². The first-order chi connectivity index (χ1) is 14.1. The number of anilines is 1. The second-order valence-electron chi connectivity index (χ2n) is 6.76. The van der Waals surface area contributed by atoms with Gasteiger partial charge in [-0.3, -0.25) is 0 Å². The van der Waals surface area contributed by atoms with Crippen LogP contribution in [0.25, 0.3) is 23.1 Å². The van der Waals surface area contributed by atoms with Crippen molar-refractivity contribution in [1.29, 1.82) is 0 Å². The van der Waals surface area contributed by atoms with Gasteiger partial charge in [-0.15, -0.1) is 0 Å². The lowest BCUT2D eigenvalue weighted by molar-refractivity contribution is 0.303. The van der Waals surface area contributed by atoms with E-state index in [1.807, 2.05) is 24.3 Å². The molecule has 3 rings (SSSR count). The number of para-hydroxylation sites is 1. The van der Waals surface area contributed by atoms with Gasteiger partial charge in [0.15, 0.2) is 17.5 Å². The van der Waals surface area contributed by atoms with Crippen LogP contribution in [-0.4, -0.2) is 41.0 Å². The summed E-state index contributed by atoms with van der Waals surface area (Å²) >= 11 is 0. The summed E-state index contributed by atoms with van der Waals surface area (Å²) in [6.07, 6.45) is 4.40. The van der Waals surface area contributed by atoms with E-state index in [9.17, 15) is 8.78 Å². The van der Waals surface area contributed by atoms with E-state index < -0.39 is 11.6 Å². The van der Waals surface area contributed by atoms with Crippen molar-refractivity contribution < 1.29 is 8.78 Å². The first-order valence-corrected chi connectivity index (χ1v) is 9.96. The Morgan fingerprint density at radius 1 is 0.966 bits per heavy atom. The molecule has 0 amide bonds. The minimum absolute atomic E-state index is 0.514. The Morgan fingerprint density at radius 3 is 2.52 bits per heavy atom. The van der Waals surface area contributed by atoms with E-state index in [4.69, 9.17) is 0 Å². The van der Waals surface area contributed by atoms with Crippen LogP contribution in [-0.2, 0) is 0 Å². The lowest BCUT2D eigenvalue weighted by Gasteiger charge is -2.18. The summed E-state index contributed by atoms with van der Waals surface area (Å²) in [4.78, 5) is 11.6. The van der Waals surface area contributed by atoms with E-state index >= 15 is 0 Å². The SMILES string of the molecule is CCN(CC)CCCNc1nc(C=Cc2ccc(F)c(F)c2)nc2ccccc12. The van der Waals surface area contributed by atoms with Gasteiger partial charge in [-0.2, -0.15) is 0 Å². The zero-order valence-corrected chi connectivity index (χ0v) is 16.8. The molecule has 0 bridgehead atoms. The zero-order valence-electron chi connectivity index (χ0n) is 16.8. The summed E-state index contributed by atoms with van der Waals surface area (Å²) in [5, 5.41) is 4.38. The van der Waals surface area contributed by atoms with Crippen molar-refractivity contribution >= 4 is 28.9 Å². The molecule has 4 nitrogen and oxygen atoms in total. The van der Waals surface area contributed by atoms with Crippen molar-refractivity contribution in [3.63, 3.8) is 0 Å². The molecule has 1 heterocycles. The van der Waals surface area contributed by atoms with Gasteiger partial charge in [0.1, 0.15) is 5.82 Å². The molecule has 2 aromatic carbocycles. The van der Waals surface area contributed by atoms with Gasteiger partial charge in [0.2, 0.25) is 0 Å². The Balaban J connectivity index is 1.78. The fraction of sp³-hybridized carbons (Fsp3) is 0.304. The van der Waals surface area contributed by atoms with E-state index in [-0.39, 0.29) is 0 Å². The summed E-state index contributed by atoms with van der Waals surface area (Å²) in [7, 11) is 0. The molecule has 0 aliphatic heterocycles. The molecule has 0 fully saturated rings. The molecule has 0 aliphatic rings. The molecule has 152 valence electrons. The molecule has 0 radical (unpaired) electrons. The molecule has 0 spiro atoms. The van der Waals surface area contributed by atoms with E-state index in [1.165, 1.54) is 6.07 Å². The van der Waals surface area contributed by atoms with E-state index in [2.05, 4.69) is 34.0 Å². The Bertz CT molecular complexity index is 984. The van der Waals surface area contributed by atoms with Gasteiger partial charge >= 0.3 is 0 Å². The minimum atomic E-state index is -0.873. The second kappa shape index (κ2) is 10.1. The monoisotopic (exact) mass is 396 g/mol. The average molecular weight is 396 g/mol. The highest BCUT2D eigenvalue weighted by atomic mass is 19.2. The predicted octanol–water partition coefficient (Wildman–Crippen LogP) is 5.22. The van der Waals surface area contributed by atoms with Gasteiger partial charge in [0, 0.05) is 11.9 Å². The highest BCUT2D eigenvalue weighted by molar-refractivity contribution is 5.90. The number of benzene rings is 2. The Hall–Kier alpha value is -2.86. The van der Waals surface area contributed by atoms with Crippen LogP contribution in [0.15, 0.2) is 42.5 Å². The van der Waals surface area contributed by atoms with Gasteiger partial charge in [-0.05, 0) is 62.0 Å². The molecule has 0 aliphatic carbocycles. The van der Waals surface area contributed by atoms with Crippen LogP contribution in [0.4, 0.5) is 14.6 Å². The smallest absolute Gasteiger partial charge is 0.159 e. The zero-order chi connectivity index (χ0) is 20.6. The molecule has 6 heteroatoms. The van der Waals surface area contributed by atoms with Crippen molar-refractivity contribution in [2.24, 2.45) is 0 Å². The number of fused-ring (bicyclic) bond motifs is 1. The number of hydrogen-bond donors (Lipinski definition) is 1. The number of halogens is 2. The van der Waals surface area contributed by atoms with Gasteiger partial charge in [0.25, 0.3) is 0 Å². The number of nitrogens with one attached hydrogen (secondary N) is 1. The molecule has 0 saturated heterocycles. The van der Waals surface area contributed by atoms with Crippen LogP contribution < -0.4 is 5.32 Å². The number of aromatic nitrogens is 2. The Morgan fingerprint density at radius 2 is 1.76 bits per heavy atom. The third-order valence-electron chi connectivity index (χ3n) is 4.83. The molecule has 29 heavy (non-hydrogen) atoms. The molecule has 1 N–H and O–H groups in total. The number of rotatable bonds is 9. The van der Waals surface area contributed by atoms with Gasteiger partial charge < -0.3 is 10.2 Å². The van der Waals surface area contributed by atoms with Crippen molar-refractivity contribution in [2.45, 2.75) is 20.3 Å². The van der Waals surface area contributed by atoms with E-state index in [0.29, 0.717) is 11.4 Å². The third-order valence-corrected chi connectivity index (χ3v) is 4.83. The standard InChI is InChI=1S/C23H26F2N4/c1-3-29(4-2)15-7-14-26-23-18-8-5-6-9-21(18)27-22(28-23)13-11-17-10-12-19(24)20(25)16-17/h5-6,8-13,16H,3-4,7,14-15H2,1-2H3,(H,26,27,28). The third kappa shape index (κ3) is 5.57. The number of nitrogens with zero attached hydrogens (tertiary/aromatic N) is 3. The van der Waals surface area contributed by atoms with Crippen molar-refractivity contribution in [3.05, 3.63) is 65.5 Å². The molecule has 0 unspecified atom stereocenters. The first kappa shape index (κ1) is 20.9. The van der Waals surface area contributed by atoms with Crippen LogP contribution >= 0.6 is 0 Å². The van der Waals surface area contributed by atoms with Crippen molar-refractivity contribution in [1.82, 2.24) is 14.9 Å². The average Bonchev–Trinajstić information content (AvgIpc) is 2.74. The fourth-order valence-electron chi connectivity index (χ4n) is 3.14. The lowest BCUT2D eigenvalue weighted by atomic mass is 10.2. The summed E-state index contributed by atoms with van der Waals surface area (Å²) in [6, 6.07) is 11.6. The molecule has 0 saturated carbocycles. The van der Waals surface area contributed by atoms with Gasteiger partial charge in [-0.25, -0.2) is 18.7 Å². The number of hydrogen-bond acceptors (Lipinski definition) is 4. The van der Waals surface area contributed by atoms with Crippen LogP contribution in [0.2, 0.25) is 0 Å². The predicted molar refractivity (Wildman–Crippen MR) is 116 cm³/mol. The minimum Gasteiger partial charge on any atom is -0.369 e. The van der Waals surface area contributed by atoms with Crippen molar-refractivity contribution in [2.75, 3.05) is 31.5 Å². The van der Waals surface area contributed by atoms with Gasteiger partial charge in [-0.1, -0.05) is 38.1 Å². The molecule has 1 aromatic heterocycles. The van der Waals surface area contributed by atoms with E-state index in [1.54, 1.807) is 12.2 Å². The van der Waals surface area contributed by atoms with Crippen LogP contribution in [0.3, 0.4) is 0 Å². The summed E-state index contributed by atoms with van der Waals surface area (Å²) in [5.74, 6) is -0.442. The molecular formula is C23H26F2N4. The maximum absolute atomic E-state index is 13.4. The summed E-state index contributed by atoms with van der Waals surface area (Å²) < 4.78 is 26.5. The van der Waals surface area contributed by atoms with E-state index in [0.717, 1.165) is 61.5 Å². The fourth-order valence-corrected chi connectivity index (χ4v) is 3.14. The topological polar surface area (TPSA) is 41.0 Å². The summed E-state index contributed by atoms with van der Waals surface area (Å²) in [5.41, 5.74) is 1.38. The van der Waals surface area contributed by atoms with Crippen LogP contribution in [0, 0.1) is 11.6 Å². The highest BCUT2D eigenvalue weighted by Gasteiger charge is 2.07. The maximum atomic E-state index is 13.4. The molecule has 3 aromatic rings. The lowest BCUT2D eigenvalue weighted by Crippen LogP contribution is -2.25. The Labute approximate surface area is 170 Å². The van der Waals surface area contributed by atoms with Gasteiger partial charge in [0.05, 0.1) is 5.52 Å². The highest BCUT2D eigenvalue weighted by Crippen LogP contribution is 2.21. The first-order valence-electron chi connectivity index (χ1n) is 9.96. The summed E-state index contributed by atoms with van der Waals surface area (Å²) in [6.45, 7) is 8.27. The second-order valence-corrected chi connectivity index (χ2v) is 6.76. The maximum Gasteiger partial charge on any atom is 0.159 e.